The fourth-order valence-electron chi connectivity index (χ4n) is 3.41. The van der Waals surface area contributed by atoms with Crippen molar-refractivity contribution >= 4 is 11.9 Å². The Hall–Kier alpha value is -2.81. The molecule has 0 saturated carbocycles. The Kier molecular flexibility index (Phi) is 5.50. The Morgan fingerprint density at radius 3 is 2.74 bits per heavy atom. The smallest absolute Gasteiger partial charge is 0.313 e. The maximum absolute atomic E-state index is 12.9. The third-order valence-electron chi connectivity index (χ3n) is 4.93. The molecule has 2 aromatic rings. The molecule has 9 nitrogen and oxygen atoms in total. The Morgan fingerprint density at radius 2 is 2.07 bits per heavy atom. The van der Waals surface area contributed by atoms with Gasteiger partial charge in [-0.3, -0.25) is 9.59 Å². The number of aromatic nitrogens is 4. The number of benzene rings is 1. The highest BCUT2D eigenvalue weighted by molar-refractivity contribution is 5.82. The van der Waals surface area contributed by atoms with Crippen molar-refractivity contribution in [1.82, 2.24) is 25.1 Å². The molecule has 27 heavy (non-hydrogen) atoms. The number of hydrogen-bond donors (Lipinski definition) is 1. The lowest BCUT2D eigenvalue weighted by Crippen LogP contribution is -2.53. The zero-order valence-electron chi connectivity index (χ0n) is 15.4. The molecular weight excluding hydrogens is 350 g/mol. The van der Waals surface area contributed by atoms with E-state index in [-0.39, 0.29) is 19.1 Å². The van der Waals surface area contributed by atoms with Gasteiger partial charge in [0.1, 0.15) is 11.5 Å². The first-order valence-corrected chi connectivity index (χ1v) is 8.83. The SMILES string of the molecule is COCC1(C(=O)O)CCCN(C(=O)C(C)n2nnc(-c3ccccc3)n2)C1. The number of aliphatic carboxylic acids is 1. The number of piperidine rings is 1. The van der Waals surface area contributed by atoms with Crippen molar-refractivity contribution in [2.75, 3.05) is 26.8 Å². The quantitative estimate of drug-likeness (QED) is 0.811. The number of carboxylic acids is 1. The molecule has 2 unspecified atom stereocenters. The average Bonchev–Trinajstić information content (AvgIpc) is 3.18. The van der Waals surface area contributed by atoms with Gasteiger partial charge in [-0.2, -0.15) is 4.80 Å². The molecule has 1 fully saturated rings. The Morgan fingerprint density at radius 1 is 1.33 bits per heavy atom. The predicted octanol–water partition coefficient (Wildman–Crippen LogP) is 1.24. The molecule has 0 bridgehead atoms. The first kappa shape index (κ1) is 19.0. The zero-order chi connectivity index (χ0) is 19.4. The molecule has 1 aromatic carbocycles. The molecule has 2 atom stereocenters. The summed E-state index contributed by atoms with van der Waals surface area (Å²) in [7, 11) is 1.47. The van der Waals surface area contributed by atoms with Gasteiger partial charge in [-0.25, -0.2) is 0 Å². The molecule has 1 aliphatic heterocycles. The second kappa shape index (κ2) is 7.83. The van der Waals surface area contributed by atoms with Crippen molar-refractivity contribution < 1.29 is 19.4 Å². The number of ether oxygens (including phenoxy) is 1. The minimum atomic E-state index is -1.08. The number of carbonyl (C=O) groups is 2. The lowest BCUT2D eigenvalue weighted by atomic mass is 9.80. The van der Waals surface area contributed by atoms with E-state index in [9.17, 15) is 14.7 Å². The van der Waals surface area contributed by atoms with Gasteiger partial charge in [-0.15, -0.1) is 10.2 Å². The second-order valence-electron chi connectivity index (χ2n) is 6.86. The molecule has 9 heteroatoms. The van der Waals surface area contributed by atoms with Gasteiger partial charge in [-0.1, -0.05) is 30.3 Å². The van der Waals surface area contributed by atoms with Crippen LogP contribution in [0.3, 0.4) is 0 Å². The summed E-state index contributed by atoms with van der Waals surface area (Å²) in [6, 6.07) is 8.70. The average molecular weight is 373 g/mol. The monoisotopic (exact) mass is 373 g/mol. The highest BCUT2D eigenvalue weighted by atomic mass is 16.5. The van der Waals surface area contributed by atoms with Gasteiger partial charge in [0.15, 0.2) is 0 Å². The van der Waals surface area contributed by atoms with Crippen LogP contribution >= 0.6 is 0 Å². The van der Waals surface area contributed by atoms with E-state index in [0.717, 1.165) is 5.56 Å². The fourth-order valence-corrected chi connectivity index (χ4v) is 3.41. The lowest BCUT2D eigenvalue weighted by Gasteiger charge is -2.40. The highest BCUT2D eigenvalue weighted by Crippen LogP contribution is 2.32. The van der Waals surface area contributed by atoms with Crippen LogP contribution in [0.5, 0.6) is 0 Å². The number of amides is 1. The number of rotatable bonds is 6. The van der Waals surface area contributed by atoms with Crippen LogP contribution in [0.1, 0.15) is 25.8 Å². The van der Waals surface area contributed by atoms with Gasteiger partial charge in [0.25, 0.3) is 0 Å². The number of hydrogen-bond acceptors (Lipinski definition) is 6. The second-order valence-corrected chi connectivity index (χ2v) is 6.86. The Balaban J connectivity index is 1.75. The summed E-state index contributed by atoms with van der Waals surface area (Å²) < 4.78 is 5.11. The number of carboxylic acid groups (broad SMARTS) is 1. The van der Waals surface area contributed by atoms with E-state index in [2.05, 4.69) is 15.4 Å². The van der Waals surface area contributed by atoms with E-state index in [1.165, 1.54) is 11.9 Å². The van der Waals surface area contributed by atoms with Crippen molar-refractivity contribution in [3.63, 3.8) is 0 Å². The summed E-state index contributed by atoms with van der Waals surface area (Å²) in [5.74, 6) is -0.735. The normalized spacial score (nSPS) is 21.0. The topological polar surface area (TPSA) is 110 Å². The minimum Gasteiger partial charge on any atom is -0.481 e. The standard InChI is InChI=1S/C18H23N5O4/c1-13(23-20-15(19-21-23)14-7-4-3-5-8-14)16(24)22-10-6-9-18(11-22,12-27-2)17(25)26/h3-5,7-8,13H,6,9-12H2,1-2H3,(H,25,26). The summed E-state index contributed by atoms with van der Waals surface area (Å²) in [5.41, 5.74) is -0.265. The van der Waals surface area contributed by atoms with Gasteiger partial charge in [0.2, 0.25) is 11.7 Å². The molecular formula is C18H23N5O4. The van der Waals surface area contributed by atoms with Crippen LogP contribution < -0.4 is 0 Å². The highest BCUT2D eigenvalue weighted by Gasteiger charge is 2.44. The largest absolute Gasteiger partial charge is 0.481 e. The molecule has 0 radical (unpaired) electrons. The maximum Gasteiger partial charge on any atom is 0.313 e. The van der Waals surface area contributed by atoms with Crippen molar-refractivity contribution in [2.24, 2.45) is 5.41 Å². The molecule has 0 aliphatic carbocycles. The summed E-state index contributed by atoms with van der Waals surface area (Å²) in [6.45, 7) is 2.37. The Labute approximate surface area is 156 Å². The summed E-state index contributed by atoms with van der Waals surface area (Å²) in [6.07, 6.45) is 1.09. The number of methoxy groups -OCH3 is 1. The first-order valence-electron chi connectivity index (χ1n) is 8.83. The summed E-state index contributed by atoms with van der Waals surface area (Å²) in [5, 5.41) is 22.0. The summed E-state index contributed by atoms with van der Waals surface area (Å²) in [4.78, 5) is 27.5. The van der Waals surface area contributed by atoms with Gasteiger partial charge < -0.3 is 14.7 Å². The van der Waals surface area contributed by atoms with Crippen molar-refractivity contribution in [3.05, 3.63) is 30.3 Å². The van der Waals surface area contributed by atoms with E-state index in [4.69, 9.17) is 4.74 Å². The molecule has 1 aromatic heterocycles. The van der Waals surface area contributed by atoms with Crippen LogP contribution in [0.15, 0.2) is 30.3 Å². The zero-order valence-corrected chi connectivity index (χ0v) is 15.4. The van der Waals surface area contributed by atoms with Crippen LogP contribution in [-0.2, 0) is 14.3 Å². The molecule has 0 spiro atoms. The Bertz CT molecular complexity index is 805. The van der Waals surface area contributed by atoms with Crippen LogP contribution in [0, 0.1) is 5.41 Å². The molecule has 1 aliphatic rings. The van der Waals surface area contributed by atoms with Crippen molar-refractivity contribution in [3.8, 4) is 11.4 Å². The third-order valence-corrected chi connectivity index (χ3v) is 4.93. The summed E-state index contributed by atoms with van der Waals surface area (Å²) >= 11 is 0. The van der Waals surface area contributed by atoms with E-state index < -0.39 is 17.4 Å². The maximum atomic E-state index is 12.9. The van der Waals surface area contributed by atoms with Crippen LogP contribution in [0.25, 0.3) is 11.4 Å². The van der Waals surface area contributed by atoms with E-state index in [1.54, 1.807) is 11.8 Å². The molecule has 144 valence electrons. The van der Waals surface area contributed by atoms with Gasteiger partial charge in [0.05, 0.1) is 6.61 Å². The van der Waals surface area contributed by atoms with Crippen LogP contribution in [-0.4, -0.2) is 68.9 Å². The van der Waals surface area contributed by atoms with E-state index >= 15 is 0 Å². The lowest BCUT2D eigenvalue weighted by molar-refractivity contribution is -0.159. The van der Waals surface area contributed by atoms with E-state index in [0.29, 0.717) is 25.2 Å². The van der Waals surface area contributed by atoms with Gasteiger partial charge in [0, 0.05) is 25.8 Å². The predicted molar refractivity (Wildman–Crippen MR) is 95.7 cm³/mol. The molecule has 1 N–H and O–H groups in total. The molecule has 2 heterocycles. The van der Waals surface area contributed by atoms with Crippen LogP contribution in [0.2, 0.25) is 0 Å². The number of tetrazole rings is 1. The fraction of sp³-hybridized carbons (Fsp3) is 0.500. The third kappa shape index (κ3) is 3.82. The van der Waals surface area contributed by atoms with Gasteiger partial charge in [-0.05, 0) is 25.0 Å². The first-order chi connectivity index (χ1) is 13.0. The molecule has 1 saturated heterocycles. The van der Waals surface area contributed by atoms with Gasteiger partial charge >= 0.3 is 5.97 Å². The molecule has 1 amide bonds. The van der Waals surface area contributed by atoms with E-state index in [1.807, 2.05) is 30.3 Å². The van der Waals surface area contributed by atoms with Crippen LogP contribution in [0.4, 0.5) is 0 Å². The number of carbonyl (C=O) groups excluding carboxylic acids is 1. The van der Waals surface area contributed by atoms with Crippen molar-refractivity contribution in [2.45, 2.75) is 25.8 Å². The van der Waals surface area contributed by atoms with Crippen molar-refractivity contribution in [1.29, 1.82) is 0 Å². The molecule has 3 rings (SSSR count). The number of nitrogens with zero attached hydrogens (tertiary/aromatic N) is 5. The minimum absolute atomic E-state index is 0.0697. The number of likely N-dealkylation sites (tertiary alicyclic amines) is 1.